The molecule has 30 heavy (non-hydrogen) atoms. The molecule has 0 bridgehead atoms. The summed E-state index contributed by atoms with van der Waals surface area (Å²) in [6, 6.07) is 14.3. The number of carbonyl (C=O) groups excluding carboxylic acids is 2. The van der Waals surface area contributed by atoms with Gasteiger partial charge in [0.1, 0.15) is 11.6 Å². The van der Waals surface area contributed by atoms with E-state index < -0.39 is 11.9 Å². The first kappa shape index (κ1) is 21.0. The van der Waals surface area contributed by atoms with Crippen molar-refractivity contribution in [3.05, 3.63) is 70.3 Å². The molecule has 1 aromatic heterocycles. The Labute approximate surface area is 173 Å². The van der Waals surface area contributed by atoms with Crippen molar-refractivity contribution in [1.82, 2.24) is 14.9 Å². The Bertz CT molecular complexity index is 1110. The molecule has 1 N–H and O–H groups in total. The molecular formula is C22H23N3O5. The number of amides is 1. The Morgan fingerprint density at radius 2 is 1.83 bits per heavy atom. The van der Waals surface area contributed by atoms with E-state index in [9.17, 15) is 14.4 Å². The number of benzene rings is 2. The molecule has 1 heterocycles. The van der Waals surface area contributed by atoms with E-state index in [-0.39, 0.29) is 25.0 Å². The molecule has 0 saturated heterocycles. The van der Waals surface area contributed by atoms with Crippen LogP contribution in [0.5, 0.6) is 5.75 Å². The van der Waals surface area contributed by atoms with Crippen LogP contribution >= 0.6 is 0 Å². The van der Waals surface area contributed by atoms with E-state index in [0.29, 0.717) is 23.3 Å². The summed E-state index contributed by atoms with van der Waals surface area (Å²) in [5, 5.41) is 3.22. The highest BCUT2D eigenvalue weighted by atomic mass is 16.5. The standard InChI is InChI=1S/C22H23N3O5/c1-25-19(24-18-6-4-3-5-17(18)22(25)28)11-12-21(27)30-14-20(26)23-13-15-7-9-16(29-2)10-8-15/h3-10H,11-14H2,1-2H3,(H,23,26). The molecule has 1 amide bonds. The molecule has 0 unspecified atom stereocenters. The highest BCUT2D eigenvalue weighted by Gasteiger charge is 2.12. The molecule has 0 fully saturated rings. The Morgan fingerprint density at radius 3 is 2.57 bits per heavy atom. The van der Waals surface area contributed by atoms with E-state index in [2.05, 4.69) is 10.3 Å². The highest BCUT2D eigenvalue weighted by Crippen LogP contribution is 2.11. The van der Waals surface area contributed by atoms with Crippen LogP contribution in [0.1, 0.15) is 17.8 Å². The molecule has 0 saturated carbocycles. The molecule has 156 valence electrons. The maximum absolute atomic E-state index is 12.4. The van der Waals surface area contributed by atoms with Crippen molar-refractivity contribution in [3.8, 4) is 5.75 Å². The van der Waals surface area contributed by atoms with E-state index in [4.69, 9.17) is 9.47 Å². The van der Waals surface area contributed by atoms with Crippen LogP contribution in [0.25, 0.3) is 10.9 Å². The lowest BCUT2D eigenvalue weighted by Gasteiger charge is -2.09. The third kappa shape index (κ3) is 5.22. The zero-order valence-electron chi connectivity index (χ0n) is 16.9. The molecule has 3 aromatic rings. The minimum atomic E-state index is -0.531. The van der Waals surface area contributed by atoms with Gasteiger partial charge in [-0.05, 0) is 29.8 Å². The number of aryl methyl sites for hydroxylation is 1. The second kappa shape index (κ2) is 9.69. The van der Waals surface area contributed by atoms with E-state index in [0.717, 1.165) is 11.3 Å². The maximum atomic E-state index is 12.4. The van der Waals surface area contributed by atoms with Gasteiger partial charge in [0.15, 0.2) is 6.61 Å². The van der Waals surface area contributed by atoms with Gasteiger partial charge < -0.3 is 14.8 Å². The molecule has 0 aliphatic rings. The molecule has 0 aliphatic carbocycles. The van der Waals surface area contributed by atoms with Crippen molar-refractivity contribution in [2.24, 2.45) is 7.05 Å². The predicted molar refractivity (Wildman–Crippen MR) is 111 cm³/mol. The Kier molecular flexibility index (Phi) is 6.79. The van der Waals surface area contributed by atoms with Gasteiger partial charge >= 0.3 is 5.97 Å². The first-order valence-corrected chi connectivity index (χ1v) is 9.48. The molecule has 0 atom stereocenters. The zero-order chi connectivity index (χ0) is 21.5. The summed E-state index contributed by atoms with van der Waals surface area (Å²) in [4.78, 5) is 40.7. The van der Waals surface area contributed by atoms with Gasteiger partial charge in [0.25, 0.3) is 11.5 Å². The van der Waals surface area contributed by atoms with Gasteiger partial charge in [-0.25, -0.2) is 4.98 Å². The number of hydrogen-bond donors (Lipinski definition) is 1. The Balaban J connectivity index is 1.46. The Hall–Kier alpha value is -3.68. The normalized spacial score (nSPS) is 10.6. The van der Waals surface area contributed by atoms with Gasteiger partial charge in [0, 0.05) is 20.0 Å². The molecule has 0 radical (unpaired) electrons. The number of carbonyl (C=O) groups is 2. The van der Waals surface area contributed by atoms with Gasteiger partial charge in [-0.1, -0.05) is 24.3 Å². The van der Waals surface area contributed by atoms with Gasteiger partial charge in [-0.2, -0.15) is 0 Å². The third-order valence-electron chi connectivity index (χ3n) is 4.64. The van der Waals surface area contributed by atoms with E-state index >= 15 is 0 Å². The third-order valence-corrected chi connectivity index (χ3v) is 4.64. The van der Waals surface area contributed by atoms with Crippen molar-refractivity contribution >= 4 is 22.8 Å². The molecule has 3 rings (SSSR count). The summed E-state index contributed by atoms with van der Waals surface area (Å²) >= 11 is 0. The van der Waals surface area contributed by atoms with Crippen molar-refractivity contribution in [2.75, 3.05) is 13.7 Å². The summed E-state index contributed by atoms with van der Waals surface area (Å²) in [7, 11) is 3.20. The summed E-state index contributed by atoms with van der Waals surface area (Å²) in [6.45, 7) is -0.0391. The highest BCUT2D eigenvalue weighted by molar-refractivity contribution is 5.80. The second-order valence-electron chi connectivity index (χ2n) is 6.69. The average Bonchev–Trinajstić information content (AvgIpc) is 2.78. The summed E-state index contributed by atoms with van der Waals surface area (Å²) in [6.07, 6.45) is 0.257. The van der Waals surface area contributed by atoms with Crippen molar-refractivity contribution in [2.45, 2.75) is 19.4 Å². The van der Waals surface area contributed by atoms with Gasteiger partial charge in [0.05, 0.1) is 24.4 Å². The van der Waals surface area contributed by atoms with E-state index in [1.165, 1.54) is 4.57 Å². The fourth-order valence-electron chi connectivity index (χ4n) is 2.91. The van der Waals surface area contributed by atoms with E-state index in [1.54, 1.807) is 50.6 Å². The topological polar surface area (TPSA) is 99.5 Å². The van der Waals surface area contributed by atoms with Gasteiger partial charge in [0.2, 0.25) is 0 Å². The number of nitrogens with zero attached hydrogens (tertiary/aromatic N) is 2. The van der Waals surface area contributed by atoms with Crippen molar-refractivity contribution in [3.63, 3.8) is 0 Å². The number of aromatic nitrogens is 2. The zero-order valence-corrected chi connectivity index (χ0v) is 16.9. The molecule has 0 aliphatic heterocycles. The summed E-state index contributed by atoms with van der Waals surface area (Å²) in [5.74, 6) is 0.296. The monoisotopic (exact) mass is 409 g/mol. The van der Waals surface area contributed by atoms with Crippen LogP contribution in [0, 0.1) is 0 Å². The van der Waals surface area contributed by atoms with Crippen LogP contribution in [0.15, 0.2) is 53.3 Å². The first-order chi connectivity index (χ1) is 14.5. The SMILES string of the molecule is COc1ccc(CNC(=O)COC(=O)CCc2nc3ccccc3c(=O)n2C)cc1. The second-order valence-corrected chi connectivity index (χ2v) is 6.69. The molecule has 8 heteroatoms. The fourth-order valence-corrected chi connectivity index (χ4v) is 2.91. The number of esters is 1. The number of para-hydroxylation sites is 1. The largest absolute Gasteiger partial charge is 0.497 e. The van der Waals surface area contributed by atoms with Crippen LogP contribution in [-0.4, -0.2) is 35.1 Å². The minimum Gasteiger partial charge on any atom is -0.497 e. The number of ether oxygens (including phenoxy) is 2. The van der Waals surface area contributed by atoms with Crippen molar-refractivity contribution in [1.29, 1.82) is 0 Å². The van der Waals surface area contributed by atoms with Crippen LogP contribution in [-0.2, 0) is 34.3 Å². The number of rotatable bonds is 8. The first-order valence-electron chi connectivity index (χ1n) is 9.48. The number of methoxy groups -OCH3 is 1. The predicted octanol–water partition coefficient (Wildman–Crippen LogP) is 1.73. The Morgan fingerprint density at radius 1 is 1.10 bits per heavy atom. The minimum absolute atomic E-state index is 0.0182. The lowest BCUT2D eigenvalue weighted by atomic mass is 10.2. The fraction of sp³-hybridized carbons (Fsp3) is 0.273. The maximum Gasteiger partial charge on any atom is 0.306 e. The molecule has 2 aromatic carbocycles. The van der Waals surface area contributed by atoms with E-state index in [1.807, 2.05) is 12.1 Å². The smallest absolute Gasteiger partial charge is 0.306 e. The molecular weight excluding hydrogens is 386 g/mol. The van der Waals surface area contributed by atoms with Crippen LogP contribution in [0.4, 0.5) is 0 Å². The van der Waals surface area contributed by atoms with Gasteiger partial charge in [-0.15, -0.1) is 0 Å². The van der Waals surface area contributed by atoms with Crippen LogP contribution < -0.4 is 15.6 Å². The van der Waals surface area contributed by atoms with Crippen LogP contribution in [0.3, 0.4) is 0 Å². The van der Waals surface area contributed by atoms with Crippen LogP contribution in [0.2, 0.25) is 0 Å². The number of fused-ring (bicyclic) bond motifs is 1. The van der Waals surface area contributed by atoms with Crippen molar-refractivity contribution < 1.29 is 19.1 Å². The number of nitrogens with one attached hydrogen (secondary N) is 1. The summed E-state index contributed by atoms with van der Waals surface area (Å²) in [5.41, 5.74) is 1.32. The molecule has 8 nitrogen and oxygen atoms in total. The quantitative estimate of drug-likeness (QED) is 0.569. The lowest BCUT2D eigenvalue weighted by Crippen LogP contribution is -2.28. The summed E-state index contributed by atoms with van der Waals surface area (Å²) < 4.78 is 11.5. The number of hydrogen-bond acceptors (Lipinski definition) is 6. The van der Waals surface area contributed by atoms with Gasteiger partial charge in [-0.3, -0.25) is 19.0 Å². The molecule has 0 spiro atoms. The average molecular weight is 409 g/mol. The lowest BCUT2D eigenvalue weighted by molar-refractivity contribution is -0.148.